The molecule has 0 fully saturated rings. The largest absolute Gasteiger partial charge is 0.360 e. The Morgan fingerprint density at radius 2 is 1.93 bits per heavy atom. The molecule has 0 atom stereocenters. The van der Waals surface area contributed by atoms with Crippen LogP contribution in [0.2, 0.25) is 5.02 Å². The number of ketones is 1. The number of nitrogens with zero attached hydrogens (tertiary/aromatic N) is 2. The zero-order chi connectivity index (χ0) is 20.0. The number of rotatable bonds is 4. The number of hydrogen-bond acceptors (Lipinski definition) is 4. The maximum atomic E-state index is 12.9. The van der Waals surface area contributed by atoms with E-state index >= 15 is 0 Å². The fourth-order valence-corrected chi connectivity index (χ4v) is 4.55. The molecular weight excluding hydrogens is 406 g/mol. The zero-order valence-corrected chi connectivity index (χ0v) is 16.6. The molecule has 0 radical (unpaired) electrons. The van der Waals surface area contributed by atoms with Crippen LogP contribution in [0.1, 0.15) is 10.4 Å². The molecule has 0 unspecified atom stereocenters. The first kappa shape index (κ1) is 17.8. The van der Waals surface area contributed by atoms with Crippen LogP contribution in [0.4, 0.5) is 0 Å². The molecule has 3 aromatic heterocycles. The Morgan fingerprint density at radius 1 is 1.14 bits per heavy atom. The Labute approximate surface area is 174 Å². The van der Waals surface area contributed by atoms with E-state index in [2.05, 4.69) is 9.97 Å². The summed E-state index contributed by atoms with van der Waals surface area (Å²) in [5, 5.41) is 1.51. The molecule has 2 aromatic carbocycles. The predicted octanol–water partition coefficient (Wildman–Crippen LogP) is 5.14. The number of halogens is 1. The average molecular weight is 420 g/mol. The van der Waals surface area contributed by atoms with Gasteiger partial charge in [-0.3, -0.25) is 14.2 Å². The van der Waals surface area contributed by atoms with Gasteiger partial charge < -0.3 is 4.98 Å². The fourth-order valence-electron chi connectivity index (χ4n) is 3.36. The number of aromatic amines is 1. The SMILES string of the molecule is O=C(Cn1cnc2cc(-c3ccc(Cl)cc3)sc2c1=O)c1c[nH]c2ccccc12. The zero-order valence-electron chi connectivity index (χ0n) is 15.1. The number of para-hydroxylation sites is 1. The summed E-state index contributed by atoms with van der Waals surface area (Å²) in [7, 11) is 0. The van der Waals surface area contributed by atoms with Gasteiger partial charge in [0, 0.05) is 32.6 Å². The maximum absolute atomic E-state index is 12.9. The third kappa shape index (κ3) is 3.16. The standard InChI is InChI=1S/C22H14ClN3O2S/c23-14-7-5-13(6-8-14)20-9-18-21(29-20)22(28)26(12-25-18)11-19(27)16-10-24-17-4-2-1-3-15(16)17/h1-10,12,24H,11H2. The molecule has 0 aliphatic carbocycles. The van der Waals surface area contributed by atoms with Gasteiger partial charge >= 0.3 is 0 Å². The van der Waals surface area contributed by atoms with Crippen LogP contribution in [-0.2, 0) is 6.54 Å². The molecule has 7 heteroatoms. The van der Waals surface area contributed by atoms with Crippen molar-refractivity contribution in [3.63, 3.8) is 0 Å². The molecule has 5 aromatic rings. The number of fused-ring (bicyclic) bond motifs is 2. The lowest BCUT2D eigenvalue weighted by atomic mass is 10.1. The van der Waals surface area contributed by atoms with Crippen molar-refractivity contribution >= 4 is 49.8 Å². The van der Waals surface area contributed by atoms with Crippen molar-refractivity contribution in [1.82, 2.24) is 14.5 Å². The van der Waals surface area contributed by atoms with E-state index in [1.54, 1.807) is 6.20 Å². The third-order valence-corrected chi connectivity index (χ3v) is 6.25. The van der Waals surface area contributed by atoms with Crippen LogP contribution in [-0.4, -0.2) is 20.3 Å². The molecule has 0 spiro atoms. The topological polar surface area (TPSA) is 67.8 Å². The minimum atomic E-state index is -0.214. The lowest BCUT2D eigenvalue weighted by Crippen LogP contribution is -2.23. The summed E-state index contributed by atoms with van der Waals surface area (Å²) in [4.78, 5) is 34.2. The smallest absolute Gasteiger partial charge is 0.271 e. The Hall–Kier alpha value is -3.22. The summed E-state index contributed by atoms with van der Waals surface area (Å²) in [6.45, 7) is -0.0577. The van der Waals surface area contributed by atoms with Crippen molar-refractivity contribution in [2.45, 2.75) is 6.54 Å². The first-order chi connectivity index (χ1) is 14.1. The summed E-state index contributed by atoms with van der Waals surface area (Å²) in [6.07, 6.45) is 3.13. The van der Waals surface area contributed by atoms with Gasteiger partial charge in [0.1, 0.15) is 4.70 Å². The van der Waals surface area contributed by atoms with Gasteiger partial charge in [-0.2, -0.15) is 0 Å². The Bertz CT molecular complexity index is 1430. The maximum Gasteiger partial charge on any atom is 0.271 e. The molecule has 0 aliphatic heterocycles. The number of H-pyrrole nitrogens is 1. The van der Waals surface area contributed by atoms with Crippen LogP contribution in [0.25, 0.3) is 31.6 Å². The van der Waals surface area contributed by atoms with E-state index in [0.29, 0.717) is 20.8 Å². The first-order valence-electron chi connectivity index (χ1n) is 8.94. The molecule has 0 saturated carbocycles. The summed E-state index contributed by atoms with van der Waals surface area (Å²) in [5.74, 6) is -0.139. The van der Waals surface area contributed by atoms with Gasteiger partial charge in [-0.15, -0.1) is 11.3 Å². The quantitative estimate of drug-likeness (QED) is 0.410. The molecule has 1 N–H and O–H groups in total. The number of nitrogens with one attached hydrogen (secondary N) is 1. The van der Waals surface area contributed by atoms with E-state index in [4.69, 9.17) is 11.6 Å². The number of benzene rings is 2. The van der Waals surface area contributed by atoms with E-state index in [9.17, 15) is 9.59 Å². The van der Waals surface area contributed by atoms with Gasteiger partial charge in [0.2, 0.25) is 0 Å². The molecule has 0 amide bonds. The number of aromatic nitrogens is 3. The van der Waals surface area contributed by atoms with Gasteiger partial charge in [-0.05, 0) is 29.8 Å². The molecule has 29 heavy (non-hydrogen) atoms. The molecule has 3 heterocycles. The van der Waals surface area contributed by atoms with E-state index in [1.165, 1.54) is 22.2 Å². The predicted molar refractivity (Wildman–Crippen MR) is 117 cm³/mol. The second-order valence-electron chi connectivity index (χ2n) is 6.68. The number of carbonyl (C=O) groups excluding carboxylic acids is 1. The van der Waals surface area contributed by atoms with Gasteiger partial charge in [0.05, 0.1) is 18.4 Å². The number of thiophene rings is 1. The van der Waals surface area contributed by atoms with E-state index in [-0.39, 0.29) is 17.9 Å². The Kier molecular flexibility index (Phi) is 4.30. The minimum Gasteiger partial charge on any atom is -0.360 e. The highest BCUT2D eigenvalue weighted by atomic mass is 35.5. The van der Waals surface area contributed by atoms with Crippen LogP contribution in [0, 0.1) is 0 Å². The van der Waals surface area contributed by atoms with Crippen molar-refractivity contribution in [2.75, 3.05) is 0 Å². The monoisotopic (exact) mass is 419 g/mol. The average Bonchev–Trinajstić information content (AvgIpc) is 3.35. The van der Waals surface area contributed by atoms with Crippen LogP contribution in [0.15, 0.2) is 71.9 Å². The molecule has 5 rings (SSSR count). The minimum absolute atomic E-state index is 0.0577. The second-order valence-corrected chi connectivity index (χ2v) is 8.17. The number of hydrogen-bond donors (Lipinski definition) is 1. The van der Waals surface area contributed by atoms with E-state index in [0.717, 1.165) is 21.3 Å². The molecular formula is C22H14ClN3O2S. The van der Waals surface area contributed by atoms with Crippen molar-refractivity contribution in [3.8, 4) is 10.4 Å². The van der Waals surface area contributed by atoms with Crippen LogP contribution in [0.3, 0.4) is 0 Å². The summed E-state index contributed by atoms with van der Waals surface area (Å²) >= 11 is 7.32. The lowest BCUT2D eigenvalue weighted by Gasteiger charge is -2.04. The van der Waals surface area contributed by atoms with Gasteiger partial charge in [-0.25, -0.2) is 4.98 Å². The fraction of sp³-hybridized carbons (Fsp3) is 0.0455. The van der Waals surface area contributed by atoms with Crippen molar-refractivity contribution in [1.29, 1.82) is 0 Å². The molecule has 0 aliphatic rings. The molecule has 0 bridgehead atoms. The van der Waals surface area contributed by atoms with Gasteiger partial charge in [0.25, 0.3) is 5.56 Å². The Balaban J connectivity index is 1.50. The van der Waals surface area contributed by atoms with E-state index < -0.39 is 0 Å². The van der Waals surface area contributed by atoms with Crippen molar-refractivity contribution in [2.24, 2.45) is 0 Å². The van der Waals surface area contributed by atoms with Crippen LogP contribution in [0.5, 0.6) is 0 Å². The molecule has 142 valence electrons. The highest BCUT2D eigenvalue weighted by molar-refractivity contribution is 7.22. The van der Waals surface area contributed by atoms with Crippen molar-refractivity contribution < 1.29 is 4.79 Å². The van der Waals surface area contributed by atoms with Gasteiger partial charge in [-0.1, -0.05) is 41.9 Å². The summed E-state index contributed by atoms with van der Waals surface area (Å²) in [6, 6.07) is 16.9. The summed E-state index contributed by atoms with van der Waals surface area (Å²) in [5.41, 5.74) is 2.84. The molecule has 0 saturated heterocycles. The van der Waals surface area contributed by atoms with E-state index in [1.807, 2.05) is 54.6 Å². The van der Waals surface area contributed by atoms with Crippen LogP contribution >= 0.6 is 22.9 Å². The molecule has 5 nitrogen and oxygen atoms in total. The van der Waals surface area contributed by atoms with Gasteiger partial charge in [0.15, 0.2) is 5.78 Å². The lowest BCUT2D eigenvalue weighted by molar-refractivity contribution is 0.0972. The third-order valence-electron chi connectivity index (χ3n) is 4.84. The highest BCUT2D eigenvalue weighted by Crippen LogP contribution is 2.31. The van der Waals surface area contributed by atoms with Crippen molar-refractivity contribution in [3.05, 3.63) is 88.1 Å². The summed E-state index contributed by atoms with van der Waals surface area (Å²) < 4.78 is 1.90. The number of Topliss-reactive ketones (excluding diaryl/α,β-unsaturated/α-hetero) is 1. The normalized spacial score (nSPS) is 11.3. The Morgan fingerprint density at radius 3 is 2.76 bits per heavy atom. The number of carbonyl (C=O) groups is 1. The second kappa shape index (κ2) is 6.99. The van der Waals surface area contributed by atoms with Crippen LogP contribution < -0.4 is 5.56 Å². The highest BCUT2D eigenvalue weighted by Gasteiger charge is 2.16. The first-order valence-corrected chi connectivity index (χ1v) is 10.1.